The van der Waals surface area contributed by atoms with Gasteiger partial charge in [0.2, 0.25) is 0 Å². The van der Waals surface area contributed by atoms with Crippen molar-refractivity contribution < 1.29 is 15.0 Å². The largest absolute Gasteiger partial charge is 0.508 e. The van der Waals surface area contributed by atoms with Crippen LogP contribution in [0.2, 0.25) is 0 Å². The van der Waals surface area contributed by atoms with Gasteiger partial charge < -0.3 is 15.9 Å². The predicted molar refractivity (Wildman–Crippen MR) is 84.2 cm³/mol. The molecule has 0 amide bonds. The Kier molecular flexibility index (Phi) is 5.25. The molecular formula is C16H17NO3S. The number of phenolic OH excluding ortho intramolecular Hbond substituents is 1. The van der Waals surface area contributed by atoms with Crippen molar-refractivity contribution in [2.45, 2.75) is 17.0 Å². The molecule has 0 aliphatic carbocycles. The molecule has 5 heteroatoms. The molecular weight excluding hydrogens is 286 g/mol. The van der Waals surface area contributed by atoms with Gasteiger partial charge >= 0.3 is 5.97 Å². The van der Waals surface area contributed by atoms with E-state index in [0.717, 1.165) is 5.56 Å². The lowest BCUT2D eigenvalue weighted by Crippen LogP contribution is -2.35. The van der Waals surface area contributed by atoms with Crippen molar-refractivity contribution in [2.24, 2.45) is 5.73 Å². The fraction of sp³-hybridized carbons (Fsp3) is 0.188. The van der Waals surface area contributed by atoms with Crippen LogP contribution in [0.5, 0.6) is 5.75 Å². The minimum absolute atomic E-state index is 0.107. The van der Waals surface area contributed by atoms with E-state index in [2.05, 4.69) is 0 Å². The molecule has 0 aromatic heterocycles. The summed E-state index contributed by atoms with van der Waals surface area (Å²) in [5.41, 5.74) is 7.62. The van der Waals surface area contributed by atoms with Gasteiger partial charge in [-0.2, -0.15) is 0 Å². The third kappa shape index (κ3) is 4.24. The molecule has 4 N–H and O–H groups in total. The summed E-state index contributed by atoms with van der Waals surface area (Å²) in [7, 11) is 0. The average Bonchev–Trinajstić information content (AvgIpc) is 2.48. The highest BCUT2D eigenvalue weighted by Crippen LogP contribution is 2.35. The molecule has 21 heavy (non-hydrogen) atoms. The fourth-order valence-electron chi connectivity index (χ4n) is 2.00. The Morgan fingerprint density at radius 3 is 2.48 bits per heavy atom. The number of carboxylic acid groups (broad SMARTS) is 1. The molecule has 2 aromatic carbocycles. The number of aliphatic carboxylic acids is 1. The van der Waals surface area contributed by atoms with Crippen LogP contribution < -0.4 is 5.73 Å². The summed E-state index contributed by atoms with van der Waals surface area (Å²) < 4.78 is 0. The Morgan fingerprint density at radius 1 is 1.14 bits per heavy atom. The molecule has 0 unspecified atom stereocenters. The molecule has 110 valence electrons. The summed E-state index contributed by atoms with van der Waals surface area (Å²) >= 11 is 1.46. The summed E-state index contributed by atoms with van der Waals surface area (Å²) in [4.78, 5) is 11.2. The number of hydrogen-bond donors (Lipinski definition) is 3. The van der Waals surface area contributed by atoms with Gasteiger partial charge in [0.05, 0.1) is 5.25 Å². The quantitative estimate of drug-likeness (QED) is 0.764. The monoisotopic (exact) mass is 303 g/mol. The summed E-state index contributed by atoms with van der Waals surface area (Å²) in [6.45, 7) is 0. The molecule has 4 nitrogen and oxygen atoms in total. The second kappa shape index (κ2) is 7.15. The zero-order valence-electron chi connectivity index (χ0n) is 11.3. The number of phenols is 1. The van der Waals surface area contributed by atoms with Crippen molar-refractivity contribution in [2.75, 3.05) is 0 Å². The average molecular weight is 303 g/mol. The molecule has 2 rings (SSSR count). The molecule has 2 atom stereocenters. The maximum Gasteiger partial charge on any atom is 0.321 e. The predicted octanol–water partition coefficient (Wildman–Crippen LogP) is 2.78. The highest BCUT2D eigenvalue weighted by Gasteiger charge is 2.26. The van der Waals surface area contributed by atoms with Crippen molar-refractivity contribution in [3.8, 4) is 5.75 Å². The molecule has 0 radical (unpaired) electrons. The van der Waals surface area contributed by atoms with E-state index in [1.807, 2.05) is 30.3 Å². The minimum Gasteiger partial charge on any atom is -0.508 e. The molecule has 0 spiro atoms. The van der Waals surface area contributed by atoms with Gasteiger partial charge in [-0.1, -0.05) is 42.5 Å². The SMILES string of the molecule is N[C@H](C(=O)O)[C@H](SCc1ccccc1)c1cccc(O)c1. The van der Waals surface area contributed by atoms with Crippen LogP contribution in [0.25, 0.3) is 0 Å². The number of thioether (sulfide) groups is 1. The second-order valence-corrected chi connectivity index (χ2v) is 5.81. The lowest BCUT2D eigenvalue weighted by molar-refractivity contribution is -0.138. The van der Waals surface area contributed by atoms with Crippen molar-refractivity contribution in [1.29, 1.82) is 0 Å². The zero-order valence-corrected chi connectivity index (χ0v) is 12.2. The Hall–Kier alpha value is -1.98. The maximum atomic E-state index is 11.2. The number of rotatable bonds is 6. The van der Waals surface area contributed by atoms with Gasteiger partial charge in [-0.25, -0.2) is 0 Å². The maximum absolute atomic E-state index is 11.2. The normalized spacial score (nSPS) is 13.6. The van der Waals surface area contributed by atoms with Crippen LogP contribution in [0, 0.1) is 0 Å². The number of carboxylic acids is 1. The van der Waals surface area contributed by atoms with Crippen molar-refractivity contribution in [3.05, 3.63) is 65.7 Å². The van der Waals surface area contributed by atoms with Gasteiger partial charge in [-0.3, -0.25) is 4.79 Å². The van der Waals surface area contributed by atoms with Gasteiger partial charge in [0, 0.05) is 5.75 Å². The van der Waals surface area contributed by atoms with Crippen LogP contribution in [0.15, 0.2) is 54.6 Å². The molecule has 0 fully saturated rings. The molecule has 0 aliphatic rings. The van der Waals surface area contributed by atoms with Crippen molar-refractivity contribution >= 4 is 17.7 Å². The lowest BCUT2D eigenvalue weighted by atomic mass is 10.1. The molecule has 2 aromatic rings. The van der Waals surface area contributed by atoms with E-state index >= 15 is 0 Å². The zero-order chi connectivity index (χ0) is 15.2. The van der Waals surface area contributed by atoms with Crippen molar-refractivity contribution in [1.82, 2.24) is 0 Å². The summed E-state index contributed by atoms with van der Waals surface area (Å²) in [6, 6.07) is 15.3. The topological polar surface area (TPSA) is 83.6 Å². The number of hydrogen-bond acceptors (Lipinski definition) is 4. The van der Waals surface area contributed by atoms with E-state index in [0.29, 0.717) is 11.3 Å². The van der Waals surface area contributed by atoms with E-state index in [1.165, 1.54) is 11.8 Å². The van der Waals surface area contributed by atoms with Crippen LogP contribution in [-0.4, -0.2) is 22.2 Å². The first kappa shape index (κ1) is 15.4. The van der Waals surface area contributed by atoms with Gasteiger partial charge in [-0.15, -0.1) is 11.8 Å². The summed E-state index contributed by atoms with van der Waals surface area (Å²) in [5, 5.41) is 18.3. The third-order valence-corrected chi connectivity index (χ3v) is 4.51. The van der Waals surface area contributed by atoms with Crippen LogP contribution in [0.4, 0.5) is 0 Å². The number of benzene rings is 2. The molecule has 0 saturated heterocycles. The fourth-order valence-corrected chi connectivity index (χ4v) is 3.23. The van der Waals surface area contributed by atoms with Crippen LogP contribution in [0.1, 0.15) is 16.4 Å². The number of carbonyl (C=O) groups is 1. The first-order valence-corrected chi connectivity index (χ1v) is 7.55. The van der Waals surface area contributed by atoms with Gasteiger partial charge in [-0.05, 0) is 23.3 Å². The summed E-state index contributed by atoms with van der Waals surface area (Å²) in [6.07, 6.45) is 0. The second-order valence-electron chi connectivity index (χ2n) is 4.68. The molecule has 0 saturated carbocycles. The van der Waals surface area contributed by atoms with E-state index < -0.39 is 17.3 Å². The highest BCUT2D eigenvalue weighted by atomic mass is 32.2. The Morgan fingerprint density at radius 2 is 1.86 bits per heavy atom. The molecule has 0 aliphatic heterocycles. The van der Waals surface area contributed by atoms with Gasteiger partial charge in [0.25, 0.3) is 0 Å². The van der Waals surface area contributed by atoms with Crippen LogP contribution >= 0.6 is 11.8 Å². The first-order chi connectivity index (χ1) is 10.1. The molecule has 0 bridgehead atoms. The Bertz CT molecular complexity index is 603. The summed E-state index contributed by atoms with van der Waals surface area (Å²) in [5.74, 6) is -0.290. The van der Waals surface area contributed by atoms with Crippen LogP contribution in [0.3, 0.4) is 0 Å². The van der Waals surface area contributed by atoms with E-state index in [9.17, 15) is 15.0 Å². The number of aromatic hydroxyl groups is 1. The molecule has 0 heterocycles. The lowest BCUT2D eigenvalue weighted by Gasteiger charge is -2.21. The first-order valence-electron chi connectivity index (χ1n) is 6.51. The highest BCUT2D eigenvalue weighted by molar-refractivity contribution is 7.98. The van der Waals surface area contributed by atoms with Crippen molar-refractivity contribution in [3.63, 3.8) is 0 Å². The smallest absolute Gasteiger partial charge is 0.321 e. The van der Waals surface area contributed by atoms with Gasteiger partial charge in [0.1, 0.15) is 11.8 Å². The number of nitrogens with two attached hydrogens (primary N) is 1. The Labute approximate surface area is 127 Å². The Balaban J connectivity index is 2.18. The third-order valence-electron chi connectivity index (χ3n) is 3.08. The van der Waals surface area contributed by atoms with E-state index in [1.54, 1.807) is 24.3 Å². The van der Waals surface area contributed by atoms with E-state index in [4.69, 9.17) is 5.73 Å². The van der Waals surface area contributed by atoms with Gasteiger partial charge in [0.15, 0.2) is 0 Å². The minimum atomic E-state index is -1.05. The van der Waals surface area contributed by atoms with E-state index in [-0.39, 0.29) is 5.75 Å². The van der Waals surface area contributed by atoms with Crippen LogP contribution in [-0.2, 0) is 10.5 Å². The standard InChI is InChI=1S/C16H17NO3S/c17-14(16(19)20)15(12-7-4-8-13(18)9-12)21-10-11-5-2-1-3-6-11/h1-9,14-15,18H,10,17H2,(H,19,20)/t14-,15+/m0/s1.